The average Bonchev–Trinajstić information content (AvgIpc) is 2.44. The van der Waals surface area contributed by atoms with E-state index in [9.17, 15) is 8.78 Å². The van der Waals surface area contributed by atoms with Gasteiger partial charge in [-0.25, -0.2) is 8.78 Å². The summed E-state index contributed by atoms with van der Waals surface area (Å²) in [6, 6.07) is 1.46. The van der Waals surface area contributed by atoms with Crippen LogP contribution in [0.2, 0.25) is 29.7 Å². The first-order valence-corrected chi connectivity index (χ1v) is 10.4. The number of nitrogen functional groups attached to an aromatic ring is 1. The molecule has 7 heteroatoms. The number of rotatable bonds is 2. The van der Waals surface area contributed by atoms with Gasteiger partial charge in [0, 0.05) is 6.42 Å². The van der Waals surface area contributed by atoms with Crippen LogP contribution in [0.25, 0.3) is 0 Å². The molecule has 1 aromatic rings. The first-order valence-electron chi connectivity index (χ1n) is 6.24. The quantitative estimate of drug-likeness (QED) is 0.618. The van der Waals surface area contributed by atoms with Gasteiger partial charge in [0.1, 0.15) is 5.60 Å². The second-order valence-corrected chi connectivity index (χ2v) is 11.5. The van der Waals surface area contributed by atoms with Crippen LogP contribution in [0.1, 0.15) is 18.1 Å². The van der Waals surface area contributed by atoms with E-state index in [1.165, 1.54) is 13.0 Å². The number of fused-ring (bicyclic) bond motifs is 1. The smallest absolute Gasteiger partial charge is 0.283 e. The summed E-state index contributed by atoms with van der Waals surface area (Å²) in [5.41, 5.74) is 4.82. The van der Waals surface area contributed by atoms with Crippen molar-refractivity contribution in [3.05, 3.63) is 27.2 Å². The summed E-state index contributed by atoms with van der Waals surface area (Å²) in [6.45, 7) is 7.01. The maximum absolute atomic E-state index is 14.5. The average molecular weight is 340 g/mol. The van der Waals surface area contributed by atoms with Crippen LogP contribution in [-0.4, -0.2) is 14.2 Å². The number of alkyl halides is 2. The summed E-state index contributed by atoms with van der Waals surface area (Å²) >= 11 is 12.1. The zero-order valence-corrected chi connectivity index (χ0v) is 14.3. The van der Waals surface area contributed by atoms with Gasteiger partial charge in [0.05, 0.1) is 15.7 Å². The van der Waals surface area contributed by atoms with Crippen molar-refractivity contribution in [3.63, 3.8) is 0 Å². The molecule has 2 N–H and O–H groups in total. The molecule has 0 saturated carbocycles. The van der Waals surface area contributed by atoms with E-state index in [0.717, 1.165) is 0 Å². The lowest BCUT2D eigenvalue weighted by Crippen LogP contribution is -2.48. The fourth-order valence-corrected chi connectivity index (χ4v) is 4.61. The van der Waals surface area contributed by atoms with Gasteiger partial charge in [0.2, 0.25) is 0 Å². The molecule has 2 rings (SSSR count). The molecule has 0 aromatic heterocycles. The number of benzene rings is 1. The molecule has 0 fully saturated rings. The molecule has 1 aliphatic carbocycles. The number of nitrogens with two attached hydrogens (primary N) is 1. The van der Waals surface area contributed by atoms with Crippen molar-refractivity contribution >= 4 is 37.2 Å². The van der Waals surface area contributed by atoms with Crippen LogP contribution in [0.15, 0.2) is 6.07 Å². The Morgan fingerprint density at radius 2 is 1.85 bits per heavy atom. The summed E-state index contributed by atoms with van der Waals surface area (Å²) < 4.78 is 34.8. The molecule has 0 spiro atoms. The van der Waals surface area contributed by atoms with Crippen LogP contribution >= 0.6 is 23.2 Å². The molecule has 0 heterocycles. The van der Waals surface area contributed by atoms with Crippen LogP contribution in [-0.2, 0) is 16.4 Å². The van der Waals surface area contributed by atoms with Gasteiger partial charge in [0.15, 0.2) is 8.32 Å². The predicted octanol–water partition coefficient (Wildman–Crippen LogP) is 4.83. The molecule has 1 aromatic carbocycles. The Hall–Kier alpha value is -0.363. The van der Waals surface area contributed by atoms with Gasteiger partial charge in [-0.05, 0) is 43.8 Å². The van der Waals surface area contributed by atoms with Gasteiger partial charge >= 0.3 is 0 Å². The van der Waals surface area contributed by atoms with Crippen molar-refractivity contribution in [1.29, 1.82) is 0 Å². The third kappa shape index (κ3) is 2.34. The second-order valence-electron chi connectivity index (χ2n) is 6.24. The lowest BCUT2D eigenvalue weighted by Gasteiger charge is -2.38. The van der Waals surface area contributed by atoms with Crippen LogP contribution in [0, 0.1) is 0 Å². The molecule has 0 saturated heterocycles. The van der Waals surface area contributed by atoms with Gasteiger partial charge in [-0.1, -0.05) is 23.2 Å². The highest BCUT2D eigenvalue weighted by atomic mass is 35.5. The fraction of sp³-hybridized carbons (Fsp3) is 0.538. The summed E-state index contributed by atoms with van der Waals surface area (Å²) in [7, 11) is -2.20. The molecule has 2 nitrogen and oxygen atoms in total. The lowest BCUT2D eigenvalue weighted by molar-refractivity contribution is -0.153. The van der Waals surface area contributed by atoms with Crippen molar-refractivity contribution in [2.24, 2.45) is 0 Å². The van der Waals surface area contributed by atoms with Crippen molar-refractivity contribution < 1.29 is 13.2 Å². The molecule has 20 heavy (non-hydrogen) atoms. The molecule has 0 radical (unpaired) electrons. The molecule has 112 valence electrons. The van der Waals surface area contributed by atoms with Crippen molar-refractivity contribution in [1.82, 2.24) is 0 Å². The minimum atomic E-state index is -3.05. The Labute approximate surface area is 128 Å². The Morgan fingerprint density at radius 3 is 2.35 bits per heavy atom. The monoisotopic (exact) mass is 339 g/mol. The van der Waals surface area contributed by atoms with E-state index >= 15 is 0 Å². The molecule has 0 amide bonds. The number of hydrogen-bond donors (Lipinski definition) is 1. The third-order valence-corrected chi connectivity index (χ3v) is 5.24. The van der Waals surface area contributed by atoms with Gasteiger partial charge in [-0.2, -0.15) is 0 Å². The lowest BCUT2D eigenvalue weighted by atomic mass is 9.96. The topological polar surface area (TPSA) is 35.2 Å². The number of anilines is 1. The van der Waals surface area contributed by atoms with Gasteiger partial charge in [-0.15, -0.1) is 0 Å². The van der Waals surface area contributed by atoms with E-state index in [0.29, 0.717) is 11.1 Å². The first kappa shape index (κ1) is 16.0. The Bertz CT molecular complexity index is 574. The second kappa shape index (κ2) is 4.56. The van der Waals surface area contributed by atoms with Gasteiger partial charge in [-0.3, -0.25) is 0 Å². The minimum absolute atomic E-state index is 0.107. The van der Waals surface area contributed by atoms with E-state index in [-0.39, 0.29) is 15.7 Å². The van der Waals surface area contributed by atoms with Crippen LogP contribution in [0.5, 0.6) is 0 Å². The normalized spacial score (nSPS) is 24.8. The van der Waals surface area contributed by atoms with Crippen LogP contribution in [0.4, 0.5) is 14.5 Å². The zero-order chi connectivity index (χ0) is 15.5. The molecule has 1 atom stereocenters. The molecule has 0 bridgehead atoms. The van der Waals surface area contributed by atoms with Crippen molar-refractivity contribution in [3.8, 4) is 0 Å². The number of halogens is 4. The summed E-state index contributed by atoms with van der Waals surface area (Å²) in [6.07, 6.45) is -0.483. The first-order chi connectivity index (χ1) is 8.89. The molecular formula is C13H17Cl2F2NOSi. The van der Waals surface area contributed by atoms with E-state index in [1.807, 2.05) is 19.6 Å². The summed E-state index contributed by atoms with van der Waals surface area (Å²) in [5, 5.41) is 0.284. The van der Waals surface area contributed by atoms with E-state index < -0.39 is 26.3 Å². The highest BCUT2D eigenvalue weighted by Gasteiger charge is 2.60. The van der Waals surface area contributed by atoms with Crippen molar-refractivity contribution in [2.75, 3.05) is 5.73 Å². The third-order valence-electron chi connectivity index (χ3n) is 3.48. The van der Waals surface area contributed by atoms with E-state index in [2.05, 4.69) is 0 Å². The van der Waals surface area contributed by atoms with E-state index in [1.54, 1.807) is 0 Å². The van der Waals surface area contributed by atoms with Crippen LogP contribution < -0.4 is 5.73 Å². The minimum Gasteiger partial charge on any atom is -0.403 e. The SMILES string of the molecule is CC1(O[Si](C)(C)C)c2cc(Cl)c(N)c(Cl)c2CC1(F)F. The highest BCUT2D eigenvalue weighted by Crippen LogP contribution is 2.54. The molecule has 0 aliphatic heterocycles. The highest BCUT2D eigenvalue weighted by molar-refractivity contribution is 6.69. The fourth-order valence-electron chi connectivity index (χ4n) is 2.61. The maximum atomic E-state index is 14.5. The van der Waals surface area contributed by atoms with E-state index in [4.69, 9.17) is 33.4 Å². The molecular weight excluding hydrogens is 323 g/mol. The Balaban J connectivity index is 2.67. The standard InChI is InChI=1S/C13H17Cl2F2NOSi/c1-12(19-20(2,3)4)8-5-9(14)11(18)10(15)7(8)6-13(12,16)17/h5H,6,18H2,1-4H3. The number of hydrogen-bond acceptors (Lipinski definition) is 2. The Kier molecular flexibility index (Phi) is 3.66. The summed E-state index contributed by atoms with van der Waals surface area (Å²) in [5.74, 6) is -3.05. The van der Waals surface area contributed by atoms with Gasteiger partial charge < -0.3 is 10.2 Å². The van der Waals surface area contributed by atoms with Crippen molar-refractivity contribution in [2.45, 2.75) is 44.5 Å². The largest absolute Gasteiger partial charge is 0.403 e. The summed E-state index contributed by atoms with van der Waals surface area (Å²) in [4.78, 5) is 0. The maximum Gasteiger partial charge on any atom is 0.283 e. The Morgan fingerprint density at radius 1 is 1.30 bits per heavy atom. The van der Waals surface area contributed by atoms with Gasteiger partial charge in [0.25, 0.3) is 5.92 Å². The predicted molar refractivity (Wildman–Crippen MR) is 81.3 cm³/mol. The molecule has 1 aliphatic rings. The van der Waals surface area contributed by atoms with Crippen LogP contribution in [0.3, 0.4) is 0 Å². The molecule has 1 unspecified atom stereocenters. The zero-order valence-electron chi connectivity index (χ0n) is 11.8.